The number of anilines is 2. The minimum atomic E-state index is -5.26. The summed E-state index contributed by atoms with van der Waals surface area (Å²) in [6.07, 6.45) is 6.01. The van der Waals surface area contributed by atoms with Gasteiger partial charge in [-0.05, 0) is 37.1 Å². The van der Waals surface area contributed by atoms with Crippen molar-refractivity contribution in [2.75, 3.05) is 11.5 Å². The van der Waals surface area contributed by atoms with Gasteiger partial charge < -0.3 is 31.0 Å². The Balaban J connectivity index is 0.000000407. The molecule has 2 saturated heterocycles. The van der Waals surface area contributed by atoms with E-state index in [1.54, 1.807) is 0 Å². The van der Waals surface area contributed by atoms with E-state index in [0.717, 1.165) is 49.9 Å². The van der Waals surface area contributed by atoms with E-state index in [1.807, 2.05) is 74.5 Å². The summed E-state index contributed by atoms with van der Waals surface area (Å²) in [5, 5.41) is -2.98. The van der Waals surface area contributed by atoms with Crippen LogP contribution in [0.25, 0.3) is 0 Å². The van der Waals surface area contributed by atoms with Crippen molar-refractivity contribution >= 4 is 41.8 Å². The summed E-state index contributed by atoms with van der Waals surface area (Å²) >= 11 is 0. The van der Waals surface area contributed by atoms with Crippen LogP contribution >= 0.6 is 30.4 Å². The number of nitrogens with two attached hydrogens (primary N) is 2. The summed E-state index contributed by atoms with van der Waals surface area (Å²) in [5.41, 5.74) is 12.4. The molecule has 256 valence electrons. The quantitative estimate of drug-likeness (QED) is 0.0630. The van der Waals surface area contributed by atoms with E-state index in [4.69, 9.17) is 11.5 Å². The molecule has 2 heterocycles. The summed E-state index contributed by atoms with van der Waals surface area (Å²) < 4.78 is 61.2. The molecule has 0 aliphatic carbocycles. The number of para-hydroxylation sites is 2. The largest absolute Gasteiger partial charge is 0.399 e. The van der Waals surface area contributed by atoms with Gasteiger partial charge in [-0.1, -0.05) is 114 Å². The van der Waals surface area contributed by atoms with E-state index in [2.05, 4.69) is 13.9 Å². The number of unbranched alkanes of at least 4 members (excludes halogenated alkanes) is 8. The van der Waals surface area contributed by atoms with Crippen LogP contribution in [0.4, 0.5) is 11.4 Å². The van der Waals surface area contributed by atoms with Gasteiger partial charge in [0.05, 0.1) is 0 Å². The second-order valence-corrected chi connectivity index (χ2v) is 20.4. The molecule has 2 fully saturated rings. The molecule has 45 heavy (non-hydrogen) atoms. The fourth-order valence-electron chi connectivity index (χ4n) is 5.04. The smallest absolute Gasteiger partial charge is 0.367 e. The minimum Gasteiger partial charge on any atom is -0.399 e. The average Bonchev–Trinajstić information content (AvgIpc) is 2.94. The van der Waals surface area contributed by atoms with Crippen LogP contribution in [0.2, 0.25) is 0 Å². The summed E-state index contributed by atoms with van der Waals surface area (Å²) in [5.74, 6) is 0. The first-order chi connectivity index (χ1) is 21.0. The van der Waals surface area contributed by atoms with Gasteiger partial charge in [0.1, 0.15) is 0 Å². The van der Waals surface area contributed by atoms with Crippen LogP contribution in [-0.2, 0) is 26.9 Å². The number of nitrogen functional groups attached to an aromatic ring is 2. The van der Waals surface area contributed by atoms with Gasteiger partial charge in [0.15, 0.2) is 0 Å². The summed E-state index contributed by atoms with van der Waals surface area (Å²) in [4.78, 5) is 42.0. The van der Waals surface area contributed by atoms with Crippen LogP contribution in [0.5, 0.6) is 0 Å². The van der Waals surface area contributed by atoms with E-state index >= 15 is 0 Å². The maximum absolute atomic E-state index is 13.0. The molecule has 0 aromatic heterocycles. The van der Waals surface area contributed by atoms with E-state index in [-0.39, 0.29) is 12.8 Å². The predicted molar refractivity (Wildman–Crippen MR) is 179 cm³/mol. The van der Waals surface area contributed by atoms with Crippen molar-refractivity contribution in [3.05, 3.63) is 60.7 Å². The molecule has 4 unspecified atom stereocenters. The number of hydrogen-bond donors (Lipinski definition) is 7. The van der Waals surface area contributed by atoms with E-state index < -0.39 is 53.3 Å². The van der Waals surface area contributed by atoms with Crippen molar-refractivity contribution in [2.45, 2.75) is 101 Å². The molecule has 0 saturated carbocycles. The SMILES string of the molecule is CCCCCCCC12NC(CCCCCCC)(P(=O)(O)OP1(=O)O)P(=O)(O)OP2(=O)O.Nc1ccccc1.Nc1ccccc1. The zero-order chi connectivity index (χ0) is 33.8. The zero-order valence-electron chi connectivity index (χ0n) is 25.9. The number of fused-ring (bicyclic) bond motifs is 2. The lowest BCUT2D eigenvalue weighted by atomic mass is 10.1. The van der Waals surface area contributed by atoms with Gasteiger partial charge in [-0.25, -0.2) is 8.62 Å². The van der Waals surface area contributed by atoms with Crippen LogP contribution < -0.4 is 16.8 Å². The molecule has 13 nitrogen and oxygen atoms in total. The second kappa shape index (κ2) is 17.2. The highest BCUT2D eigenvalue weighted by molar-refractivity contribution is 7.87. The Labute approximate surface area is 266 Å². The van der Waals surface area contributed by atoms with Gasteiger partial charge in [0.25, 0.3) is 0 Å². The summed E-state index contributed by atoms with van der Waals surface area (Å²) in [7, 11) is -21.0. The fraction of sp³-hybridized carbons (Fsp3) is 0.571. The first-order valence-corrected chi connectivity index (χ1v) is 21.5. The Kier molecular flexibility index (Phi) is 15.2. The van der Waals surface area contributed by atoms with Crippen LogP contribution in [0, 0.1) is 0 Å². The number of nitrogens with one attached hydrogen (secondary N) is 1. The van der Waals surface area contributed by atoms with Crippen molar-refractivity contribution in [2.24, 2.45) is 0 Å². The molecule has 2 aromatic carbocycles. The lowest BCUT2D eigenvalue weighted by Gasteiger charge is -2.56. The second-order valence-electron chi connectivity index (χ2n) is 11.2. The molecular formula is C28H49N3O10P4. The Morgan fingerprint density at radius 1 is 0.556 bits per heavy atom. The molecule has 0 amide bonds. The molecule has 2 aliphatic heterocycles. The maximum atomic E-state index is 13.0. The predicted octanol–water partition coefficient (Wildman–Crippen LogP) is 7.94. The highest BCUT2D eigenvalue weighted by atomic mass is 31.3. The summed E-state index contributed by atoms with van der Waals surface area (Å²) in [6.45, 7) is 4.00. The highest BCUT2D eigenvalue weighted by Crippen LogP contribution is 2.94. The van der Waals surface area contributed by atoms with Crippen LogP contribution in [0.3, 0.4) is 0 Å². The van der Waals surface area contributed by atoms with Crippen molar-refractivity contribution in [3.63, 3.8) is 0 Å². The van der Waals surface area contributed by atoms with Crippen LogP contribution in [0.1, 0.15) is 90.9 Å². The molecule has 4 rings (SSSR count). The van der Waals surface area contributed by atoms with Gasteiger partial charge in [0, 0.05) is 11.4 Å². The molecule has 2 aromatic rings. The van der Waals surface area contributed by atoms with E-state index in [0.29, 0.717) is 12.8 Å². The minimum absolute atomic E-state index is 0.215. The first kappa shape index (κ1) is 39.9. The third-order valence-electron chi connectivity index (χ3n) is 7.57. The average molecular weight is 712 g/mol. The number of rotatable bonds is 12. The van der Waals surface area contributed by atoms with Crippen molar-refractivity contribution in [3.8, 4) is 0 Å². The number of benzene rings is 2. The Bertz CT molecular complexity index is 1240. The zero-order valence-corrected chi connectivity index (χ0v) is 29.5. The monoisotopic (exact) mass is 711 g/mol. The third kappa shape index (κ3) is 9.85. The molecule has 4 atom stereocenters. The number of hydrogen-bond acceptors (Lipinski definition) is 9. The molecule has 0 radical (unpaired) electrons. The van der Waals surface area contributed by atoms with Crippen LogP contribution in [0.15, 0.2) is 60.7 Å². The highest BCUT2D eigenvalue weighted by Gasteiger charge is 2.83. The Morgan fingerprint density at radius 3 is 1.09 bits per heavy atom. The molecule has 2 bridgehead atoms. The lowest BCUT2D eigenvalue weighted by Crippen LogP contribution is -2.63. The molecule has 9 N–H and O–H groups in total. The van der Waals surface area contributed by atoms with Gasteiger partial charge in [-0.3, -0.25) is 23.6 Å². The lowest BCUT2D eigenvalue weighted by molar-refractivity contribution is 0.179. The standard InChI is InChI=1S/C16H35NO10P4.2C6H7N/c1-3-5-7-9-11-13-15-17-16(14-12-10-8-6-4-2,30(22,23)26-28(15,18)19)31(24,25)27-29(15,20)21;2*7-6-4-2-1-3-5-6/h17H,3-14H2,1-2H3,(H,18,19)(H,20,21)(H,22,23)(H,24,25);2*1-5H,7H2. The van der Waals surface area contributed by atoms with Gasteiger partial charge in [0.2, 0.25) is 10.0 Å². The first-order valence-electron chi connectivity index (χ1n) is 15.2. The molecule has 17 heteroatoms. The molecule has 0 spiro atoms. The van der Waals surface area contributed by atoms with E-state index in [1.165, 1.54) is 0 Å². The van der Waals surface area contributed by atoms with Crippen LogP contribution in [-0.4, -0.2) is 29.6 Å². The topological polar surface area (TPSA) is 232 Å². The van der Waals surface area contributed by atoms with Gasteiger partial charge in [-0.2, -0.15) is 0 Å². The molecular weight excluding hydrogens is 662 g/mol. The van der Waals surface area contributed by atoms with Crippen molar-refractivity contribution < 1.29 is 46.5 Å². The normalized spacial score (nSPS) is 33.6. The van der Waals surface area contributed by atoms with E-state index in [9.17, 15) is 37.8 Å². The third-order valence-corrected chi connectivity index (χ3v) is 19.2. The van der Waals surface area contributed by atoms with Gasteiger partial charge >= 0.3 is 30.4 Å². The summed E-state index contributed by atoms with van der Waals surface area (Å²) in [6, 6.07) is 19.0. The Hall–Kier alpha value is -1.32. The Morgan fingerprint density at radius 2 is 0.844 bits per heavy atom. The fourth-order valence-corrected chi connectivity index (χ4v) is 16.9. The van der Waals surface area contributed by atoms with Crippen molar-refractivity contribution in [1.29, 1.82) is 0 Å². The van der Waals surface area contributed by atoms with Gasteiger partial charge in [-0.15, -0.1) is 0 Å². The van der Waals surface area contributed by atoms with Crippen molar-refractivity contribution in [1.82, 2.24) is 5.32 Å². The molecule has 2 aliphatic rings. The maximum Gasteiger partial charge on any atom is 0.367 e.